The van der Waals surface area contributed by atoms with Crippen molar-refractivity contribution in [2.75, 3.05) is 13.1 Å². The van der Waals surface area contributed by atoms with Crippen molar-refractivity contribution in [1.82, 2.24) is 15.5 Å². The molecule has 33 heavy (non-hydrogen) atoms. The summed E-state index contributed by atoms with van der Waals surface area (Å²) in [7, 11) is 0. The summed E-state index contributed by atoms with van der Waals surface area (Å²) in [5.41, 5.74) is 16.4. The summed E-state index contributed by atoms with van der Waals surface area (Å²) in [4.78, 5) is 62.3. The molecule has 1 saturated heterocycles. The third-order valence-electron chi connectivity index (χ3n) is 5.67. The highest BCUT2D eigenvalue weighted by Crippen LogP contribution is 2.20. The lowest BCUT2D eigenvalue weighted by molar-refractivity contribution is -0.143. The van der Waals surface area contributed by atoms with Crippen molar-refractivity contribution in [3.05, 3.63) is 0 Å². The number of carbonyl (C=O) groups excluding carboxylic acids is 4. The Labute approximate surface area is 194 Å². The van der Waals surface area contributed by atoms with Gasteiger partial charge in [0.2, 0.25) is 23.6 Å². The number of carboxylic acids is 1. The van der Waals surface area contributed by atoms with Gasteiger partial charge in [-0.05, 0) is 51.0 Å². The summed E-state index contributed by atoms with van der Waals surface area (Å²) in [5.74, 6) is -3.62. The lowest BCUT2D eigenvalue weighted by Crippen LogP contribution is -2.58. The SMILES string of the molecule is CC(C)C(NC(=O)C1CCCN1C(=O)C(N)CCC(N)=O)C(=O)NC(CCCCN)C(=O)O. The molecule has 1 fully saturated rings. The molecule has 0 aliphatic carbocycles. The summed E-state index contributed by atoms with van der Waals surface area (Å²) in [6.45, 7) is 4.22. The van der Waals surface area contributed by atoms with Crippen LogP contribution in [0.25, 0.3) is 0 Å². The second-order valence-electron chi connectivity index (χ2n) is 8.72. The van der Waals surface area contributed by atoms with Crippen LogP contribution in [0.4, 0.5) is 0 Å². The Hall–Kier alpha value is -2.73. The molecule has 4 unspecified atom stereocenters. The number of primary amides is 1. The Bertz CT molecular complexity index is 715. The molecule has 1 heterocycles. The van der Waals surface area contributed by atoms with Crippen molar-refractivity contribution < 1.29 is 29.1 Å². The first-order valence-electron chi connectivity index (χ1n) is 11.4. The number of carboxylic acid groups (broad SMARTS) is 1. The molecule has 1 rings (SSSR count). The molecule has 188 valence electrons. The van der Waals surface area contributed by atoms with Crippen molar-refractivity contribution >= 4 is 29.6 Å². The van der Waals surface area contributed by atoms with Crippen LogP contribution in [0.3, 0.4) is 0 Å². The van der Waals surface area contributed by atoms with Crippen LogP contribution < -0.4 is 27.8 Å². The first kappa shape index (κ1) is 28.3. The van der Waals surface area contributed by atoms with Gasteiger partial charge in [0.1, 0.15) is 18.1 Å². The molecule has 4 amide bonds. The maximum absolute atomic E-state index is 13.0. The van der Waals surface area contributed by atoms with Gasteiger partial charge in [-0.3, -0.25) is 19.2 Å². The molecule has 12 nitrogen and oxygen atoms in total. The predicted molar refractivity (Wildman–Crippen MR) is 120 cm³/mol. The molecule has 1 aliphatic rings. The molecule has 0 aromatic rings. The van der Waals surface area contributed by atoms with Crippen molar-refractivity contribution in [3.8, 4) is 0 Å². The fourth-order valence-electron chi connectivity index (χ4n) is 3.73. The Kier molecular flexibility index (Phi) is 11.8. The quantitative estimate of drug-likeness (QED) is 0.162. The van der Waals surface area contributed by atoms with Gasteiger partial charge in [-0.25, -0.2) is 4.79 Å². The Morgan fingerprint density at radius 2 is 1.76 bits per heavy atom. The molecule has 0 saturated carbocycles. The van der Waals surface area contributed by atoms with Gasteiger partial charge in [-0.15, -0.1) is 0 Å². The number of nitrogens with two attached hydrogens (primary N) is 3. The number of aliphatic carboxylic acids is 1. The highest BCUT2D eigenvalue weighted by Gasteiger charge is 2.38. The van der Waals surface area contributed by atoms with E-state index >= 15 is 0 Å². The molecule has 0 aromatic carbocycles. The van der Waals surface area contributed by atoms with E-state index in [4.69, 9.17) is 17.2 Å². The van der Waals surface area contributed by atoms with Crippen LogP contribution in [0.2, 0.25) is 0 Å². The number of hydrogen-bond acceptors (Lipinski definition) is 7. The summed E-state index contributed by atoms with van der Waals surface area (Å²) in [6, 6.07) is -3.82. The van der Waals surface area contributed by atoms with Crippen LogP contribution in [0.1, 0.15) is 58.8 Å². The summed E-state index contributed by atoms with van der Waals surface area (Å²) in [5, 5.41) is 14.6. The molecule has 12 heteroatoms. The largest absolute Gasteiger partial charge is 0.480 e. The van der Waals surface area contributed by atoms with E-state index in [9.17, 15) is 29.1 Å². The minimum absolute atomic E-state index is 0.0385. The molecule has 9 N–H and O–H groups in total. The van der Waals surface area contributed by atoms with Crippen LogP contribution in [0.15, 0.2) is 0 Å². The minimum atomic E-state index is -1.16. The van der Waals surface area contributed by atoms with Crippen molar-refractivity contribution in [3.63, 3.8) is 0 Å². The molecular weight excluding hydrogens is 432 g/mol. The number of likely N-dealkylation sites (tertiary alicyclic amines) is 1. The average molecular weight is 471 g/mol. The zero-order valence-electron chi connectivity index (χ0n) is 19.4. The molecule has 4 atom stereocenters. The molecule has 0 aromatic heterocycles. The van der Waals surface area contributed by atoms with Gasteiger partial charge in [-0.2, -0.15) is 0 Å². The normalized spacial score (nSPS) is 18.5. The smallest absolute Gasteiger partial charge is 0.326 e. The summed E-state index contributed by atoms with van der Waals surface area (Å²) in [6.07, 6.45) is 2.44. The van der Waals surface area contributed by atoms with E-state index in [1.807, 2.05) is 0 Å². The Balaban J connectivity index is 2.82. The van der Waals surface area contributed by atoms with Crippen molar-refractivity contribution in [2.45, 2.75) is 83.0 Å². The Morgan fingerprint density at radius 1 is 1.09 bits per heavy atom. The van der Waals surface area contributed by atoms with Gasteiger partial charge in [0.15, 0.2) is 0 Å². The number of hydrogen-bond donors (Lipinski definition) is 6. The minimum Gasteiger partial charge on any atom is -0.480 e. The second kappa shape index (κ2) is 13.7. The van der Waals surface area contributed by atoms with Gasteiger partial charge >= 0.3 is 5.97 Å². The first-order valence-corrected chi connectivity index (χ1v) is 11.4. The number of rotatable bonds is 14. The van der Waals surface area contributed by atoms with Gasteiger partial charge in [0.05, 0.1) is 6.04 Å². The molecule has 0 bridgehead atoms. The highest BCUT2D eigenvalue weighted by molar-refractivity contribution is 5.94. The van der Waals surface area contributed by atoms with E-state index in [0.29, 0.717) is 38.8 Å². The first-order chi connectivity index (χ1) is 15.5. The predicted octanol–water partition coefficient (Wildman–Crippen LogP) is -1.59. The van der Waals surface area contributed by atoms with E-state index in [1.54, 1.807) is 13.8 Å². The van der Waals surface area contributed by atoms with Crippen molar-refractivity contribution in [2.24, 2.45) is 23.1 Å². The maximum Gasteiger partial charge on any atom is 0.326 e. The fraction of sp³-hybridized carbons (Fsp3) is 0.762. The number of carbonyl (C=O) groups is 5. The molecule has 0 spiro atoms. The number of nitrogens with one attached hydrogen (secondary N) is 2. The van der Waals surface area contributed by atoms with E-state index in [1.165, 1.54) is 4.90 Å². The highest BCUT2D eigenvalue weighted by atomic mass is 16.4. The summed E-state index contributed by atoms with van der Waals surface area (Å²) >= 11 is 0. The lowest BCUT2D eigenvalue weighted by atomic mass is 10.0. The van der Waals surface area contributed by atoms with Gasteiger partial charge < -0.3 is 37.8 Å². The molecule has 1 aliphatic heterocycles. The van der Waals surface area contributed by atoms with Crippen LogP contribution in [0, 0.1) is 5.92 Å². The molecule has 0 radical (unpaired) electrons. The summed E-state index contributed by atoms with van der Waals surface area (Å²) < 4.78 is 0. The van der Waals surface area contributed by atoms with Gasteiger partial charge in [0.25, 0.3) is 0 Å². The lowest BCUT2D eigenvalue weighted by Gasteiger charge is -2.29. The van der Waals surface area contributed by atoms with E-state index in [-0.39, 0.29) is 25.2 Å². The third-order valence-corrected chi connectivity index (χ3v) is 5.67. The van der Waals surface area contributed by atoms with Crippen molar-refractivity contribution in [1.29, 1.82) is 0 Å². The number of nitrogens with zero attached hydrogens (tertiary/aromatic N) is 1. The zero-order chi connectivity index (χ0) is 25.1. The molecular formula is C21H38N6O6. The van der Waals surface area contributed by atoms with E-state index in [2.05, 4.69) is 10.6 Å². The topological polar surface area (TPSA) is 211 Å². The van der Waals surface area contributed by atoms with Gasteiger partial charge in [-0.1, -0.05) is 13.8 Å². The van der Waals surface area contributed by atoms with E-state index < -0.39 is 53.8 Å². The fourth-order valence-corrected chi connectivity index (χ4v) is 3.73. The monoisotopic (exact) mass is 470 g/mol. The number of unbranched alkanes of at least 4 members (excludes halogenated alkanes) is 1. The van der Waals surface area contributed by atoms with Gasteiger partial charge in [0, 0.05) is 13.0 Å². The number of amides is 4. The second-order valence-corrected chi connectivity index (χ2v) is 8.72. The average Bonchev–Trinajstić information content (AvgIpc) is 3.23. The van der Waals surface area contributed by atoms with Crippen LogP contribution >= 0.6 is 0 Å². The zero-order valence-corrected chi connectivity index (χ0v) is 19.4. The maximum atomic E-state index is 13.0. The standard InChI is InChI=1S/C21H38N6O6/c1-12(2)17(19(30)25-14(21(32)33)6-3-4-10-22)26-18(29)15-7-5-11-27(15)20(31)13(23)8-9-16(24)28/h12-15,17H,3-11,22-23H2,1-2H3,(H2,24,28)(H,25,30)(H,26,29)(H,32,33). The van der Waals surface area contributed by atoms with Crippen LogP contribution in [-0.4, -0.2) is 76.9 Å². The third kappa shape index (κ3) is 8.97. The van der Waals surface area contributed by atoms with Crippen LogP contribution in [-0.2, 0) is 24.0 Å². The van der Waals surface area contributed by atoms with Crippen LogP contribution in [0.5, 0.6) is 0 Å². The Morgan fingerprint density at radius 3 is 2.30 bits per heavy atom. The van der Waals surface area contributed by atoms with E-state index in [0.717, 1.165) is 0 Å².